The number of carbonyl (C=O) groups excluding carboxylic acids is 1. The van der Waals surface area contributed by atoms with Crippen molar-refractivity contribution >= 4 is 5.97 Å². The smallest absolute Gasteiger partial charge is 0.303 e. The van der Waals surface area contributed by atoms with Gasteiger partial charge in [-0.2, -0.15) is 0 Å². The summed E-state index contributed by atoms with van der Waals surface area (Å²) in [5, 5.41) is 0. The van der Waals surface area contributed by atoms with Gasteiger partial charge in [-0.05, 0) is 36.2 Å². The van der Waals surface area contributed by atoms with Gasteiger partial charge in [-0.25, -0.2) is 0 Å². The van der Waals surface area contributed by atoms with Crippen molar-refractivity contribution in [2.45, 2.75) is 39.7 Å². The molecule has 1 aromatic heterocycles. The average molecular weight is 272 g/mol. The molecule has 106 valence electrons. The molecule has 1 heterocycles. The average Bonchev–Trinajstić information content (AvgIpc) is 3.03. The molecule has 2 fully saturated rings. The molecule has 0 bridgehead atoms. The summed E-state index contributed by atoms with van der Waals surface area (Å²) in [6, 6.07) is 0. The van der Waals surface area contributed by atoms with Gasteiger partial charge in [0.25, 0.3) is 0 Å². The Morgan fingerprint density at radius 1 is 1.55 bits per heavy atom. The van der Waals surface area contributed by atoms with E-state index >= 15 is 0 Å². The minimum Gasteiger partial charge on any atom is -0.469 e. The molecule has 0 saturated heterocycles. The fourth-order valence-electron chi connectivity index (χ4n) is 4.84. The Morgan fingerprint density at radius 2 is 2.30 bits per heavy atom. The largest absolute Gasteiger partial charge is 0.469 e. The lowest BCUT2D eigenvalue weighted by molar-refractivity contribution is -0.152. The molecule has 5 unspecified atom stereocenters. The number of rotatable bonds is 1. The van der Waals surface area contributed by atoms with E-state index in [0.29, 0.717) is 11.8 Å². The number of carbonyl (C=O) groups is 1. The minimum atomic E-state index is -0.223. The Hall–Kier alpha value is -1.51. The lowest BCUT2D eigenvalue weighted by Crippen LogP contribution is -2.39. The summed E-state index contributed by atoms with van der Waals surface area (Å²) in [6.07, 6.45) is 3.77. The number of ether oxygens (including phenoxy) is 1. The van der Waals surface area contributed by atoms with Crippen LogP contribution in [0.15, 0.2) is 22.8 Å². The maximum absolute atomic E-state index is 11.6. The highest BCUT2D eigenvalue weighted by atomic mass is 16.5. The summed E-state index contributed by atoms with van der Waals surface area (Å²) < 4.78 is 11.5. The fraction of sp³-hybridized carbons (Fsp3) is 0.588. The number of esters is 1. The predicted octanol–water partition coefficient (Wildman–Crippen LogP) is 3.58. The second kappa shape index (κ2) is 3.57. The second-order valence-electron chi connectivity index (χ2n) is 6.97. The van der Waals surface area contributed by atoms with Crippen LogP contribution in [-0.2, 0) is 16.0 Å². The van der Waals surface area contributed by atoms with Crippen LogP contribution < -0.4 is 0 Å². The molecule has 0 amide bonds. The molecule has 4 rings (SSSR count). The van der Waals surface area contributed by atoms with E-state index in [2.05, 4.69) is 13.5 Å². The predicted molar refractivity (Wildman–Crippen MR) is 74.0 cm³/mol. The third kappa shape index (κ3) is 1.33. The van der Waals surface area contributed by atoms with Gasteiger partial charge < -0.3 is 9.15 Å². The molecule has 20 heavy (non-hydrogen) atoms. The molecule has 1 aromatic rings. The van der Waals surface area contributed by atoms with Crippen LogP contribution >= 0.6 is 0 Å². The van der Waals surface area contributed by atoms with E-state index in [1.807, 2.05) is 6.92 Å². The summed E-state index contributed by atoms with van der Waals surface area (Å²) >= 11 is 0. The van der Waals surface area contributed by atoms with Crippen molar-refractivity contribution in [1.82, 2.24) is 0 Å². The number of aryl methyl sites for hydroxylation is 1. The van der Waals surface area contributed by atoms with Gasteiger partial charge in [0.2, 0.25) is 0 Å². The zero-order valence-electron chi connectivity index (χ0n) is 12.2. The van der Waals surface area contributed by atoms with Crippen molar-refractivity contribution in [1.29, 1.82) is 0 Å². The molecule has 2 saturated carbocycles. The quantitative estimate of drug-likeness (QED) is 0.579. The van der Waals surface area contributed by atoms with Crippen LogP contribution in [0.1, 0.15) is 43.3 Å². The molecule has 3 nitrogen and oxygen atoms in total. The number of hydrogen-bond acceptors (Lipinski definition) is 3. The van der Waals surface area contributed by atoms with E-state index in [1.165, 1.54) is 18.9 Å². The highest BCUT2D eigenvalue weighted by molar-refractivity contribution is 5.67. The van der Waals surface area contributed by atoms with Crippen LogP contribution in [0.4, 0.5) is 0 Å². The summed E-state index contributed by atoms with van der Waals surface area (Å²) in [5.41, 5.74) is 3.60. The lowest BCUT2D eigenvalue weighted by atomic mass is 9.64. The van der Waals surface area contributed by atoms with Crippen LogP contribution in [0.3, 0.4) is 0 Å². The van der Waals surface area contributed by atoms with Crippen molar-refractivity contribution < 1.29 is 13.9 Å². The summed E-state index contributed by atoms with van der Waals surface area (Å²) in [6.45, 7) is 10.2. The molecule has 3 heteroatoms. The van der Waals surface area contributed by atoms with Crippen molar-refractivity contribution in [2.75, 3.05) is 0 Å². The van der Waals surface area contributed by atoms with E-state index < -0.39 is 0 Å². The van der Waals surface area contributed by atoms with Crippen molar-refractivity contribution in [2.24, 2.45) is 23.2 Å². The van der Waals surface area contributed by atoms with E-state index in [9.17, 15) is 4.79 Å². The summed E-state index contributed by atoms with van der Waals surface area (Å²) in [7, 11) is 0. The number of hydrogen-bond donors (Lipinski definition) is 0. The summed E-state index contributed by atoms with van der Waals surface area (Å²) in [4.78, 5) is 11.6. The fourth-order valence-corrected chi connectivity index (χ4v) is 4.84. The van der Waals surface area contributed by atoms with Crippen LogP contribution in [0.25, 0.3) is 0 Å². The Balaban J connectivity index is 1.86. The SMILES string of the molecule is C=C1C2CC2C2(C)Cc3occ(C)c3C(OC(C)=O)C12. The lowest BCUT2D eigenvalue weighted by Gasteiger charge is -2.43. The van der Waals surface area contributed by atoms with Crippen LogP contribution in [0.2, 0.25) is 0 Å². The van der Waals surface area contributed by atoms with Crippen molar-refractivity contribution in [3.63, 3.8) is 0 Å². The maximum Gasteiger partial charge on any atom is 0.303 e. The second-order valence-corrected chi connectivity index (χ2v) is 6.97. The van der Waals surface area contributed by atoms with Crippen LogP contribution in [-0.4, -0.2) is 5.97 Å². The van der Waals surface area contributed by atoms with Gasteiger partial charge in [0, 0.05) is 24.8 Å². The zero-order chi connectivity index (χ0) is 14.2. The first-order chi connectivity index (χ1) is 9.43. The maximum atomic E-state index is 11.6. The van der Waals surface area contributed by atoms with Gasteiger partial charge in [0.1, 0.15) is 11.9 Å². The minimum absolute atomic E-state index is 0.138. The normalized spacial score (nSPS) is 40.9. The van der Waals surface area contributed by atoms with Gasteiger partial charge in [-0.3, -0.25) is 4.79 Å². The first-order valence-corrected chi connectivity index (χ1v) is 7.36. The Bertz CT molecular complexity index is 626. The Morgan fingerprint density at radius 3 is 3.00 bits per heavy atom. The molecule has 0 spiro atoms. The monoisotopic (exact) mass is 272 g/mol. The molecule has 0 radical (unpaired) electrons. The van der Waals surface area contributed by atoms with Gasteiger partial charge in [0.05, 0.1) is 6.26 Å². The van der Waals surface area contributed by atoms with Gasteiger partial charge in [-0.1, -0.05) is 19.1 Å². The molecule has 0 aliphatic heterocycles. The Kier molecular flexibility index (Phi) is 2.19. The zero-order valence-corrected chi connectivity index (χ0v) is 12.2. The molecular weight excluding hydrogens is 252 g/mol. The molecule has 3 aliphatic rings. The first kappa shape index (κ1) is 12.2. The molecule has 0 N–H and O–H groups in total. The van der Waals surface area contributed by atoms with E-state index in [1.54, 1.807) is 6.26 Å². The van der Waals surface area contributed by atoms with Crippen LogP contribution in [0.5, 0.6) is 0 Å². The standard InChI is InChI=1S/C17H20O3/c1-8-7-19-13-6-17(4)12-5-11(12)9(2)15(17)16(14(8)13)20-10(3)18/h7,11-12,15-16H,2,5-6H2,1,3-4H3. The van der Waals surface area contributed by atoms with E-state index in [0.717, 1.165) is 23.3 Å². The van der Waals surface area contributed by atoms with E-state index in [4.69, 9.17) is 9.15 Å². The van der Waals surface area contributed by atoms with Gasteiger partial charge in [0.15, 0.2) is 0 Å². The third-order valence-electron chi connectivity index (χ3n) is 5.75. The molecule has 3 aliphatic carbocycles. The van der Waals surface area contributed by atoms with Crippen molar-refractivity contribution in [3.05, 3.63) is 35.3 Å². The van der Waals surface area contributed by atoms with Gasteiger partial charge in [-0.15, -0.1) is 0 Å². The number of furan rings is 1. The highest BCUT2D eigenvalue weighted by Crippen LogP contribution is 2.72. The van der Waals surface area contributed by atoms with Crippen molar-refractivity contribution in [3.8, 4) is 0 Å². The molecule has 5 atom stereocenters. The topological polar surface area (TPSA) is 39.4 Å². The first-order valence-electron chi connectivity index (χ1n) is 7.36. The molecular formula is C17H20O3. The summed E-state index contributed by atoms with van der Waals surface area (Å²) in [5.74, 6) is 2.36. The highest BCUT2D eigenvalue weighted by Gasteiger charge is 2.67. The van der Waals surface area contributed by atoms with Crippen LogP contribution in [0, 0.1) is 30.1 Å². The Labute approximate surface area is 119 Å². The van der Waals surface area contributed by atoms with Gasteiger partial charge >= 0.3 is 5.97 Å². The van der Waals surface area contributed by atoms with E-state index in [-0.39, 0.29) is 23.4 Å². The molecule has 0 aromatic carbocycles. The number of fused-ring (bicyclic) bond motifs is 4. The third-order valence-corrected chi connectivity index (χ3v) is 5.75.